The van der Waals surface area contributed by atoms with Crippen LogP contribution < -0.4 is 14.8 Å². The third kappa shape index (κ3) is 5.22. The lowest BCUT2D eigenvalue weighted by Gasteiger charge is -2.08. The number of aryl methyl sites for hydroxylation is 1. The van der Waals surface area contributed by atoms with Gasteiger partial charge < -0.3 is 19.2 Å². The van der Waals surface area contributed by atoms with Gasteiger partial charge in [0.25, 0.3) is 5.91 Å². The second-order valence-corrected chi connectivity index (χ2v) is 7.37. The highest BCUT2D eigenvalue weighted by Crippen LogP contribution is 2.16. The summed E-state index contributed by atoms with van der Waals surface area (Å²) in [5.41, 5.74) is 4.59. The van der Waals surface area contributed by atoms with Crippen LogP contribution in [0.15, 0.2) is 73.1 Å². The highest BCUT2D eigenvalue weighted by Gasteiger charge is 2.08. The molecule has 0 unspecified atom stereocenters. The van der Waals surface area contributed by atoms with E-state index in [0.29, 0.717) is 24.5 Å². The molecule has 0 aliphatic rings. The van der Waals surface area contributed by atoms with Crippen molar-refractivity contribution in [3.8, 4) is 11.5 Å². The van der Waals surface area contributed by atoms with Gasteiger partial charge in [0, 0.05) is 24.5 Å². The molecule has 2 heterocycles. The summed E-state index contributed by atoms with van der Waals surface area (Å²) in [6, 6.07) is 19.0. The predicted molar refractivity (Wildman–Crippen MR) is 120 cm³/mol. The van der Waals surface area contributed by atoms with Crippen molar-refractivity contribution in [3.05, 3.63) is 95.4 Å². The number of aromatic nitrogens is 2. The van der Waals surface area contributed by atoms with Crippen molar-refractivity contribution in [1.29, 1.82) is 0 Å². The molecule has 0 aliphatic heterocycles. The first-order chi connectivity index (χ1) is 15.1. The summed E-state index contributed by atoms with van der Waals surface area (Å²) in [6.07, 6.45) is 4.74. The number of benzene rings is 2. The number of rotatable bonds is 8. The number of fused-ring (bicyclic) bond motifs is 1. The van der Waals surface area contributed by atoms with Gasteiger partial charge in [0.15, 0.2) is 0 Å². The minimum Gasteiger partial charge on any atom is -0.497 e. The standard InChI is InChI=1S/C25H25N3O3/c1-18-6-11-24-27-21(16-28(24)15-18)17-31-23-5-3-4-20(14-23)25(29)26-13-12-19-7-9-22(30-2)10-8-19/h3-11,14-16H,12-13,17H2,1-2H3,(H,26,29). The molecular formula is C25H25N3O3. The summed E-state index contributed by atoms with van der Waals surface area (Å²) in [7, 11) is 1.64. The van der Waals surface area contributed by atoms with E-state index in [9.17, 15) is 4.79 Å². The Labute approximate surface area is 181 Å². The second kappa shape index (κ2) is 9.34. The summed E-state index contributed by atoms with van der Waals surface area (Å²) in [6.45, 7) is 2.93. The fraction of sp³-hybridized carbons (Fsp3) is 0.200. The van der Waals surface area contributed by atoms with Crippen molar-refractivity contribution in [3.63, 3.8) is 0 Å². The van der Waals surface area contributed by atoms with E-state index in [1.165, 1.54) is 5.56 Å². The number of methoxy groups -OCH3 is 1. The molecule has 0 aliphatic carbocycles. The SMILES string of the molecule is COc1ccc(CCNC(=O)c2cccc(OCc3cn4cc(C)ccc4n3)c2)cc1. The number of pyridine rings is 1. The van der Waals surface area contributed by atoms with Gasteiger partial charge in [-0.2, -0.15) is 0 Å². The van der Waals surface area contributed by atoms with Crippen LogP contribution in [-0.4, -0.2) is 28.9 Å². The molecule has 2 aromatic heterocycles. The highest BCUT2D eigenvalue weighted by molar-refractivity contribution is 5.94. The second-order valence-electron chi connectivity index (χ2n) is 7.37. The number of ether oxygens (including phenoxy) is 2. The maximum Gasteiger partial charge on any atom is 0.251 e. The van der Waals surface area contributed by atoms with E-state index in [2.05, 4.69) is 10.3 Å². The maximum absolute atomic E-state index is 12.5. The molecule has 2 aromatic carbocycles. The molecule has 4 aromatic rings. The highest BCUT2D eigenvalue weighted by atomic mass is 16.5. The zero-order valence-corrected chi connectivity index (χ0v) is 17.7. The largest absolute Gasteiger partial charge is 0.497 e. The first-order valence-corrected chi connectivity index (χ1v) is 10.2. The fourth-order valence-electron chi connectivity index (χ4n) is 3.32. The Balaban J connectivity index is 1.31. The molecular weight excluding hydrogens is 390 g/mol. The van der Waals surface area contributed by atoms with E-state index in [0.717, 1.165) is 29.1 Å². The fourth-order valence-corrected chi connectivity index (χ4v) is 3.32. The van der Waals surface area contributed by atoms with Crippen LogP contribution >= 0.6 is 0 Å². The van der Waals surface area contributed by atoms with Gasteiger partial charge in [-0.25, -0.2) is 4.98 Å². The minimum absolute atomic E-state index is 0.123. The molecule has 0 fully saturated rings. The summed E-state index contributed by atoms with van der Waals surface area (Å²) in [4.78, 5) is 17.1. The number of nitrogens with zero attached hydrogens (tertiary/aromatic N) is 2. The Morgan fingerprint density at radius 1 is 1.03 bits per heavy atom. The molecule has 0 atom stereocenters. The maximum atomic E-state index is 12.5. The number of carbonyl (C=O) groups excluding carboxylic acids is 1. The van der Waals surface area contributed by atoms with Crippen molar-refractivity contribution < 1.29 is 14.3 Å². The Hall–Kier alpha value is -3.80. The average Bonchev–Trinajstić information content (AvgIpc) is 3.20. The molecule has 0 radical (unpaired) electrons. The molecule has 1 amide bonds. The minimum atomic E-state index is -0.123. The Kier molecular flexibility index (Phi) is 6.17. The number of carbonyl (C=O) groups is 1. The zero-order valence-electron chi connectivity index (χ0n) is 17.7. The van der Waals surface area contributed by atoms with Crippen LogP contribution in [0.1, 0.15) is 27.2 Å². The van der Waals surface area contributed by atoms with Gasteiger partial charge in [-0.3, -0.25) is 4.79 Å². The normalized spacial score (nSPS) is 10.8. The topological polar surface area (TPSA) is 64.9 Å². The lowest BCUT2D eigenvalue weighted by atomic mass is 10.1. The number of hydrogen-bond acceptors (Lipinski definition) is 4. The average molecular weight is 415 g/mol. The smallest absolute Gasteiger partial charge is 0.251 e. The molecule has 0 saturated heterocycles. The number of imidazole rings is 1. The quantitative estimate of drug-likeness (QED) is 0.468. The Morgan fingerprint density at radius 3 is 2.68 bits per heavy atom. The van der Waals surface area contributed by atoms with E-state index in [-0.39, 0.29) is 5.91 Å². The van der Waals surface area contributed by atoms with Gasteiger partial charge >= 0.3 is 0 Å². The molecule has 0 bridgehead atoms. The van der Waals surface area contributed by atoms with Gasteiger partial charge in [0.1, 0.15) is 23.8 Å². The zero-order chi connectivity index (χ0) is 21.6. The van der Waals surface area contributed by atoms with Crippen LogP contribution in [0.2, 0.25) is 0 Å². The lowest BCUT2D eigenvalue weighted by molar-refractivity contribution is 0.0953. The number of hydrogen-bond donors (Lipinski definition) is 1. The van der Waals surface area contributed by atoms with Crippen LogP contribution in [0, 0.1) is 6.92 Å². The van der Waals surface area contributed by atoms with Crippen molar-refractivity contribution in [2.75, 3.05) is 13.7 Å². The first kappa shape index (κ1) is 20.5. The molecule has 158 valence electrons. The first-order valence-electron chi connectivity index (χ1n) is 10.2. The van der Waals surface area contributed by atoms with Crippen molar-refractivity contribution in [2.24, 2.45) is 0 Å². The third-order valence-corrected chi connectivity index (χ3v) is 4.99. The van der Waals surface area contributed by atoms with Crippen LogP contribution in [0.5, 0.6) is 11.5 Å². The monoisotopic (exact) mass is 415 g/mol. The van der Waals surface area contributed by atoms with Crippen LogP contribution in [0.25, 0.3) is 5.65 Å². The molecule has 4 rings (SSSR count). The molecule has 6 heteroatoms. The summed E-state index contributed by atoms with van der Waals surface area (Å²) in [5.74, 6) is 1.33. The van der Waals surface area contributed by atoms with Gasteiger partial charge in [0.05, 0.1) is 12.8 Å². The number of nitrogens with one attached hydrogen (secondary N) is 1. The third-order valence-electron chi connectivity index (χ3n) is 4.99. The number of amides is 1. The van der Waals surface area contributed by atoms with E-state index in [4.69, 9.17) is 9.47 Å². The molecule has 1 N–H and O–H groups in total. The molecule has 6 nitrogen and oxygen atoms in total. The van der Waals surface area contributed by atoms with Crippen molar-refractivity contribution in [2.45, 2.75) is 20.0 Å². The van der Waals surface area contributed by atoms with Gasteiger partial charge in [0.2, 0.25) is 0 Å². The van der Waals surface area contributed by atoms with E-state index in [1.807, 2.05) is 72.2 Å². The van der Waals surface area contributed by atoms with Crippen molar-refractivity contribution in [1.82, 2.24) is 14.7 Å². The van der Waals surface area contributed by atoms with E-state index < -0.39 is 0 Å². The van der Waals surface area contributed by atoms with Crippen LogP contribution in [0.3, 0.4) is 0 Å². The van der Waals surface area contributed by atoms with E-state index in [1.54, 1.807) is 19.2 Å². The lowest BCUT2D eigenvalue weighted by Crippen LogP contribution is -2.25. The van der Waals surface area contributed by atoms with Crippen LogP contribution in [-0.2, 0) is 13.0 Å². The van der Waals surface area contributed by atoms with Gasteiger partial charge in [-0.05, 0) is 60.9 Å². The van der Waals surface area contributed by atoms with Crippen LogP contribution in [0.4, 0.5) is 0 Å². The molecule has 0 spiro atoms. The summed E-state index contributed by atoms with van der Waals surface area (Å²) >= 11 is 0. The van der Waals surface area contributed by atoms with Crippen molar-refractivity contribution >= 4 is 11.6 Å². The summed E-state index contributed by atoms with van der Waals surface area (Å²) in [5, 5.41) is 2.96. The molecule has 0 saturated carbocycles. The van der Waals surface area contributed by atoms with E-state index >= 15 is 0 Å². The van der Waals surface area contributed by atoms with Gasteiger partial charge in [-0.1, -0.05) is 24.3 Å². The molecule has 31 heavy (non-hydrogen) atoms. The van der Waals surface area contributed by atoms with Gasteiger partial charge in [-0.15, -0.1) is 0 Å². The Morgan fingerprint density at radius 2 is 1.87 bits per heavy atom. The Bertz CT molecular complexity index is 1180. The predicted octanol–water partition coefficient (Wildman–Crippen LogP) is 4.20. The summed E-state index contributed by atoms with van der Waals surface area (Å²) < 4.78 is 13.0.